The first-order valence-electron chi connectivity index (χ1n) is 7.20. The molecule has 0 radical (unpaired) electrons. The van der Waals surface area contributed by atoms with Gasteiger partial charge in [0.15, 0.2) is 0 Å². The van der Waals surface area contributed by atoms with Gasteiger partial charge in [-0.05, 0) is 44.0 Å². The number of anilines is 1. The second-order valence-corrected chi connectivity index (χ2v) is 5.50. The number of likely N-dealkylation sites (tertiary alicyclic amines) is 1. The molecule has 1 aliphatic rings. The van der Waals surface area contributed by atoms with E-state index in [4.69, 9.17) is 5.73 Å². The Morgan fingerprint density at radius 1 is 1.20 bits per heavy atom. The molecule has 0 aromatic carbocycles. The monoisotopic (exact) mass is 271 g/mol. The highest BCUT2D eigenvalue weighted by Crippen LogP contribution is 2.21. The minimum absolute atomic E-state index is 0.658. The normalized spacial score (nSPS) is 17.4. The van der Waals surface area contributed by atoms with Crippen LogP contribution in [0.4, 0.5) is 5.82 Å². The molecule has 3 rings (SSSR count). The molecule has 0 atom stereocenters. The molecule has 0 amide bonds. The Labute approximate surface area is 119 Å². The molecule has 106 valence electrons. The van der Waals surface area contributed by atoms with Gasteiger partial charge in [0.1, 0.15) is 5.82 Å². The molecule has 1 aliphatic heterocycles. The van der Waals surface area contributed by atoms with Crippen LogP contribution in [0.2, 0.25) is 0 Å². The van der Waals surface area contributed by atoms with Crippen molar-refractivity contribution in [1.82, 2.24) is 19.7 Å². The summed E-state index contributed by atoms with van der Waals surface area (Å²) in [5.41, 5.74) is 7.04. The van der Waals surface area contributed by atoms with Crippen LogP contribution in [-0.2, 0) is 13.1 Å². The maximum absolute atomic E-state index is 5.91. The summed E-state index contributed by atoms with van der Waals surface area (Å²) in [6.45, 7) is 4.20. The highest BCUT2D eigenvalue weighted by atomic mass is 15.3. The van der Waals surface area contributed by atoms with Crippen molar-refractivity contribution in [1.29, 1.82) is 0 Å². The second kappa shape index (κ2) is 6.05. The van der Waals surface area contributed by atoms with Crippen molar-refractivity contribution in [2.24, 2.45) is 5.92 Å². The summed E-state index contributed by atoms with van der Waals surface area (Å²) in [5, 5.41) is 4.29. The van der Waals surface area contributed by atoms with Gasteiger partial charge < -0.3 is 5.73 Å². The van der Waals surface area contributed by atoms with Crippen LogP contribution < -0.4 is 5.73 Å². The van der Waals surface area contributed by atoms with Gasteiger partial charge in [-0.2, -0.15) is 5.10 Å². The molecular formula is C15H21N5. The third-order valence-corrected chi connectivity index (χ3v) is 4.03. The van der Waals surface area contributed by atoms with Crippen LogP contribution in [-0.4, -0.2) is 32.8 Å². The van der Waals surface area contributed by atoms with Crippen molar-refractivity contribution in [2.45, 2.75) is 25.9 Å². The molecule has 2 aromatic heterocycles. The van der Waals surface area contributed by atoms with Gasteiger partial charge >= 0.3 is 0 Å². The molecule has 0 spiro atoms. The van der Waals surface area contributed by atoms with Gasteiger partial charge in [-0.25, -0.2) is 4.98 Å². The van der Waals surface area contributed by atoms with Crippen LogP contribution in [0, 0.1) is 5.92 Å². The van der Waals surface area contributed by atoms with E-state index in [2.05, 4.69) is 21.0 Å². The van der Waals surface area contributed by atoms with Gasteiger partial charge in [-0.15, -0.1) is 0 Å². The van der Waals surface area contributed by atoms with E-state index < -0.39 is 0 Å². The Morgan fingerprint density at radius 2 is 2.05 bits per heavy atom. The van der Waals surface area contributed by atoms with Crippen molar-refractivity contribution in [3.63, 3.8) is 0 Å². The predicted octanol–water partition coefficient (Wildman–Crippen LogP) is 1.77. The third-order valence-electron chi connectivity index (χ3n) is 4.03. The fraction of sp³-hybridized carbons (Fsp3) is 0.467. The molecule has 3 heterocycles. The topological polar surface area (TPSA) is 60.0 Å². The summed E-state index contributed by atoms with van der Waals surface area (Å²) < 4.78 is 2.04. The number of rotatable bonds is 4. The van der Waals surface area contributed by atoms with Gasteiger partial charge in [-0.1, -0.05) is 6.07 Å². The largest absolute Gasteiger partial charge is 0.383 e. The summed E-state index contributed by atoms with van der Waals surface area (Å²) in [6, 6.07) is 6.01. The number of piperidine rings is 1. The van der Waals surface area contributed by atoms with Gasteiger partial charge in [0, 0.05) is 37.2 Å². The van der Waals surface area contributed by atoms with Crippen molar-refractivity contribution in [3.05, 3.63) is 42.4 Å². The number of hydrogen-bond acceptors (Lipinski definition) is 4. The van der Waals surface area contributed by atoms with Crippen LogP contribution in [0.25, 0.3) is 0 Å². The number of hydrogen-bond donors (Lipinski definition) is 1. The zero-order chi connectivity index (χ0) is 13.8. The lowest BCUT2D eigenvalue weighted by atomic mass is 9.96. The van der Waals surface area contributed by atoms with Gasteiger partial charge in [-0.3, -0.25) is 9.58 Å². The average molecular weight is 271 g/mol. The molecule has 2 aromatic rings. The minimum atomic E-state index is 0.658. The first-order chi connectivity index (χ1) is 9.81. The summed E-state index contributed by atoms with van der Waals surface area (Å²) in [7, 11) is 0. The number of nitrogens with two attached hydrogens (primary N) is 1. The molecular weight excluding hydrogens is 250 g/mol. The number of nitrogen functional groups attached to an aromatic ring is 1. The Kier molecular flexibility index (Phi) is 3.97. The highest BCUT2D eigenvalue weighted by molar-refractivity contribution is 5.38. The first-order valence-corrected chi connectivity index (χ1v) is 7.20. The van der Waals surface area contributed by atoms with Gasteiger partial charge in [0.05, 0.1) is 0 Å². The Bertz CT molecular complexity index is 529. The van der Waals surface area contributed by atoms with E-state index in [-0.39, 0.29) is 0 Å². The molecule has 1 fully saturated rings. The average Bonchev–Trinajstić information content (AvgIpc) is 2.96. The maximum atomic E-state index is 5.91. The lowest BCUT2D eigenvalue weighted by Gasteiger charge is -2.32. The van der Waals surface area contributed by atoms with Gasteiger partial charge in [0.2, 0.25) is 0 Å². The number of nitrogens with zero attached hydrogens (tertiary/aromatic N) is 4. The Morgan fingerprint density at radius 3 is 2.75 bits per heavy atom. The SMILES string of the molecule is Nc1ncccc1CN1CCC(Cn2cccn2)CC1. The quantitative estimate of drug-likeness (QED) is 0.920. The Balaban J connectivity index is 1.50. The molecule has 20 heavy (non-hydrogen) atoms. The molecule has 5 heteroatoms. The summed E-state index contributed by atoms with van der Waals surface area (Å²) in [4.78, 5) is 6.61. The van der Waals surface area contributed by atoms with Crippen molar-refractivity contribution in [2.75, 3.05) is 18.8 Å². The zero-order valence-electron chi connectivity index (χ0n) is 11.7. The van der Waals surface area contributed by atoms with Crippen molar-refractivity contribution < 1.29 is 0 Å². The van der Waals surface area contributed by atoms with E-state index in [1.54, 1.807) is 6.20 Å². The molecule has 0 saturated carbocycles. The molecule has 0 unspecified atom stereocenters. The number of pyridine rings is 1. The summed E-state index contributed by atoms with van der Waals surface area (Å²) in [5.74, 6) is 1.39. The van der Waals surface area contributed by atoms with E-state index in [0.717, 1.165) is 37.7 Å². The number of aromatic nitrogens is 3. The van der Waals surface area contributed by atoms with Crippen LogP contribution >= 0.6 is 0 Å². The molecule has 1 saturated heterocycles. The smallest absolute Gasteiger partial charge is 0.127 e. The van der Waals surface area contributed by atoms with Crippen LogP contribution in [0.1, 0.15) is 18.4 Å². The summed E-state index contributed by atoms with van der Waals surface area (Å²) >= 11 is 0. The van der Waals surface area contributed by atoms with Crippen molar-refractivity contribution in [3.8, 4) is 0 Å². The van der Waals surface area contributed by atoms with Gasteiger partial charge in [0.25, 0.3) is 0 Å². The predicted molar refractivity (Wildman–Crippen MR) is 78.9 cm³/mol. The van der Waals surface area contributed by atoms with E-state index >= 15 is 0 Å². The lowest BCUT2D eigenvalue weighted by Crippen LogP contribution is -2.34. The maximum Gasteiger partial charge on any atom is 0.127 e. The van der Waals surface area contributed by atoms with E-state index in [1.807, 2.05) is 29.2 Å². The van der Waals surface area contributed by atoms with E-state index in [1.165, 1.54) is 12.8 Å². The van der Waals surface area contributed by atoms with Crippen LogP contribution in [0.15, 0.2) is 36.8 Å². The Hall–Kier alpha value is -1.88. The third kappa shape index (κ3) is 3.17. The standard InChI is InChI=1S/C15H21N5/c16-15-14(3-1-6-17-15)12-19-9-4-13(5-10-19)11-20-8-2-7-18-20/h1-3,6-8,13H,4-5,9-12H2,(H2,16,17). The minimum Gasteiger partial charge on any atom is -0.383 e. The first kappa shape index (κ1) is 13.1. The fourth-order valence-electron chi connectivity index (χ4n) is 2.83. The highest BCUT2D eigenvalue weighted by Gasteiger charge is 2.20. The molecule has 5 nitrogen and oxygen atoms in total. The van der Waals surface area contributed by atoms with E-state index in [0.29, 0.717) is 5.82 Å². The molecule has 2 N–H and O–H groups in total. The zero-order valence-corrected chi connectivity index (χ0v) is 11.7. The molecule has 0 aliphatic carbocycles. The van der Waals surface area contributed by atoms with Crippen molar-refractivity contribution >= 4 is 5.82 Å². The summed E-state index contributed by atoms with van der Waals surface area (Å²) in [6.07, 6.45) is 8.08. The molecule has 0 bridgehead atoms. The lowest BCUT2D eigenvalue weighted by molar-refractivity contribution is 0.165. The second-order valence-electron chi connectivity index (χ2n) is 5.50. The fourth-order valence-corrected chi connectivity index (χ4v) is 2.83. The van der Waals surface area contributed by atoms with Crippen LogP contribution in [0.5, 0.6) is 0 Å². The van der Waals surface area contributed by atoms with Crippen LogP contribution in [0.3, 0.4) is 0 Å². The van der Waals surface area contributed by atoms with E-state index in [9.17, 15) is 0 Å².